The number of ether oxygens (including phenoxy) is 2. The van der Waals surface area contributed by atoms with Crippen LogP contribution in [-0.4, -0.2) is 94.6 Å². The number of likely N-dealkylation sites (tertiary alicyclic amines) is 2. The number of hydroxylamine groups is 2. The minimum atomic E-state index is -0.963. The number of nitrogens with zero attached hydrogens (tertiary/aromatic N) is 3. The van der Waals surface area contributed by atoms with Gasteiger partial charge in [-0.1, -0.05) is 27.7 Å². The van der Waals surface area contributed by atoms with Crippen molar-refractivity contribution in [1.82, 2.24) is 14.9 Å². The average molecular weight is 533 g/mol. The molecule has 216 valence electrons. The van der Waals surface area contributed by atoms with Crippen LogP contribution >= 0.6 is 0 Å². The van der Waals surface area contributed by atoms with Crippen molar-refractivity contribution in [3.05, 3.63) is 0 Å². The molecule has 0 aromatic heterocycles. The lowest BCUT2D eigenvalue weighted by Crippen LogP contribution is -2.47. The van der Waals surface area contributed by atoms with Crippen LogP contribution in [0.5, 0.6) is 0 Å². The zero-order valence-electron chi connectivity index (χ0n) is 25.5. The van der Waals surface area contributed by atoms with Crippen LogP contribution in [0, 0.1) is 11.8 Å². The highest BCUT2D eigenvalue weighted by Gasteiger charge is 2.41. The van der Waals surface area contributed by atoms with Crippen molar-refractivity contribution in [2.45, 2.75) is 105 Å². The molecule has 3 amide bonds. The van der Waals surface area contributed by atoms with Crippen molar-refractivity contribution >= 4 is 24.1 Å². The molecule has 2 heterocycles. The number of hydrogen-bond acceptors (Lipinski definition) is 7. The van der Waals surface area contributed by atoms with Gasteiger partial charge in [-0.25, -0.2) is 19.4 Å². The molecule has 2 aliphatic rings. The number of hydrogen-bond donors (Lipinski definition) is 1. The number of carboxylic acid groups (broad SMARTS) is 1. The third-order valence-electron chi connectivity index (χ3n) is 5.43. The van der Waals surface area contributed by atoms with Gasteiger partial charge in [-0.15, -0.1) is 0 Å². The summed E-state index contributed by atoms with van der Waals surface area (Å²) in [5.74, 6) is -0.715. The van der Waals surface area contributed by atoms with E-state index in [1.165, 1.54) is 16.9 Å². The van der Waals surface area contributed by atoms with Crippen LogP contribution in [0.4, 0.5) is 9.59 Å². The summed E-state index contributed by atoms with van der Waals surface area (Å²) >= 11 is 0. The van der Waals surface area contributed by atoms with E-state index in [1.54, 1.807) is 34.7 Å². The van der Waals surface area contributed by atoms with Crippen LogP contribution < -0.4 is 0 Å². The minimum absolute atomic E-state index is 0.202. The molecule has 2 saturated heterocycles. The first-order valence-electron chi connectivity index (χ1n) is 13.3. The van der Waals surface area contributed by atoms with Crippen LogP contribution in [0.2, 0.25) is 0 Å². The molecule has 4 atom stereocenters. The first kappa shape index (κ1) is 32.5. The van der Waals surface area contributed by atoms with E-state index in [0.717, 1.165) is 5.06 Å². The molecule has 2 fully saturated rings. The Morgan fingerprint density at radius 1 is 0.865 bits per heavy atom. The highest BCUT2D eigenvalue weighted by molar-refractivity contribution is 5.85. The lowest BCUT2D eigenvalue weighted by Gasteiger charge is -2.29. The maximum atomic E-state index is 12.2. The van der Waals surface area contributed by atoms with Crippen LogP contribution in [0.1, 0.15) is 83.4 Å². The summed E-state index contributed by atoms with van der Waals surface area (Å²) in [5, 5.41) is 10.2. The number of aliphatic carboxylic acids is 1. The van der Waals surface area contributed by atoms with Gasteiger partial charge in [0.15, 0.2) is 0 Å². The van der Waals surface area contributed by atoms with E-state index < -0.39 is 41.4 Å². The molecule has 0 aromatic rings. The number of carbonyl (C=O) groups excluding carboxylic acids is 3. The second-order valence-corrected chi connectivity index (χ2v) is 11.3. The van der Waals surface area contributed by atoms with E-state index in [4.69, 9.17) is 20.8 Å². The fourth-order valence-electron chi connectivity index (χ4n) is 3.90. The number of amides is 3. The smallest absolute Gasteiger partial charge is 0.411 e. The zero-order chi connectivity index (χ0) is 30.0. The lowest BCUT2D eigenvalue weighted by molar-refractivity contribution is -0.173. The number of carboxylic acids is 1. The molecule has 2 rings (SSSR count). The standard InChI is InChI=1S/C13H24N2O4.C11H19NO4.C2H6/c1-9-7-10(11(16)14(5)18-6)15(8-9)12(17)19-13(2,3)4;1-7-5-8(9(13)14)12(6-7)10(15)16-11(2,3)4;1-2/h9-10H,7-8H2,1-6H3;7-8H,5-6H2,1-4H3,(H,13,14);1-2H3/t9-,10+;7-,8+;/m00./s1/i;;1D. The van der Waals surface area contributed by atoms with Gasteiger partial charge in [0.05, 0.1) is 7.11 Å². The van der Waals surface area contributed by atoms with Crippen molar-refractivity contribution in [3.63, 3.8) is 0 Å². The topological polar surface area (TPSA) is 126 Å². The maximum absolute atomic E-state index is 12.2. The molecule has 0 radical (unpaired) electrons. The fourth-order valence-corrected chi connectivity index (χ4v) is 3.90. The summed E-state index contributed by atoms with van der Waals surface area (Å²) < 4.78 is 16.7. The lowest BCUT2D eigenvalue weighted by atomic mass is 10.1. The van der Waals surface area contributed by atoms with E-state index in [0.29, 0.717) is 32.8 Å². The molecule has 0 aromatic carbocycles. The second-order valence-electron chi connectivity index (χ2n) is 11.3. The molecular weight excluding hydrogens is 482 g/mol. The molecular formula is C26H49N3O8. The van der Waals surface area contributed by atoms with Crippen LogP contribution in [-0.2, 0) is 23.9 Å². The van der Waals surface area contributed by atoms with E-state index in [1.807, 2.05) is 34.6 Å². The first-order valence-corrected chi connectivity index (χ1v) is 12.6. The van der Waals surface area contributed by atoms with Crippen LogP contribution in [0.25, 0.3) is 0 Å². The van der Waals surface area contributed by atoms with Crippen LogP contribution in [0.15, 0.2) is 0 Å². The highest BCUT2D eigenvalue weighted by atomic mass is 16.7. The molecule has 0 bridgehead atoms. The SMILES string of the molecule is CON(C)C(=O)[C@H]1C[C@H](C)CN1C(=O)OC(C)(C)C.C[C@H]1C[C@H](C(=O)O)N(C(=O)OC(C)(C)C)C1.[2H]CC. The Morgan fingerprint density at radius 3 is 1.54 bits per heavy atom. The molecule has 0 unspecified atom stereocenters. The minimum Gasteiger partial charge on any atom is -0.480 e. The molecule has 1 N–H and O–H groups in total. The molecule has 37 heavy (non-hydrogen) atoms. The Bertz CT molecular complexity index is 796. The van der Waals surface area contributed by atoms with Gasteiger partial charge in [-0.05, 0) is 66.2 Å². The monoisotopic (exact) mass is 532 g/mol. The summed E-state index contributed by atoms with van der Waals surface area (Å²) in [6, 6.07) is -1.25. The molecule has 11 nitrogen and oxygen atoms in total. The Morgan fingerprint density at radius 2 is 1.22 bits per heavy atom. The van der Waals surface area contributed by atoms with E-state index >= 15 is 0 Å². The molecule has 2 aliphatic heterocycles. The summed E-state index contributed by atoms with van der Waals surface area (Å²) in [6.07, 6.45) is 0.143. The van der Waals surface area contributed by atoms with E-state index in [9.17, 15) is 19.2 Å². The third-order valence-corrected chi connectivity index (χ3v) is 5.43. The van der Waals surface area contributed by atoms with Gasteiger partial charge in [-0.3, -0.25) is 19.4 Å². The number of likely N-dealkylation sites (N-methyl/N-ethyl adjacent to an activating group) is 1. The van der Waals surface area contributed by atoms with Crippen molar-refractivity contribution in [1.29, 1.82) is 0 Å². The van der Waals surface area contributed by atoms with Gasteiger partial charge >= 0.3 is 18.2 Å². The second kappa shape index (κ2) is 14.4. The summed E-state index contributed by atoms with van der Waals surface area (Å²) in [6.45, 7) is 17.9. The van der Waals surface area contributed by atoms with Crippen molar-refractivity contribution < 1.29 is 40.0 Å². The summed E-state index contributed by atoms with van der Waals surface area (Å²) in [5.41, 5.74) is -1.16. The Balaban J connectivity index is 0.000000660. The van der Waals surface area contributed by atoms with E-state index in [-0.39, 0.29) is 17.7 Å². The van der Waals surface area contributed by atoms with Gasteiger partial charge in [0.25, 0.3) is 5.91 Å². The van der Waals surface area contributed by atoms with Gasteiger partial charge in [0.1, 0.15) is 23.3 Å². The fraction of sp³-hybridized carbons (Fsp3) is 0.846. The van der Waals surface area contributed by atoms with Gasteiger partial charge in [0.2, 0.25) is 0 Å². The molecule has 11 heteroatoms. The quantitative estimate of drug-likeness (QED) is 0.530. The number of carbonyl (C=O) groups is 4. The maximum Gasteiger partial charge on any atom is 0.411 e. The van der Waals surface area contributed by atoms with Gasteiger partial charge in [-0.2, -0.15) is 0 Å². The Kier molecular flexibility index (Phi) is 12.6. The number of rotatable bonds is 3. The predicted molar refractivity (Wildman–Crippen MR) is 140 cm³/mol. The Labute approximate surface area is 223 Å². The normalized spacial score (nSPS) is 23.6. The Hall–Kier alpha value is -2.56. The third kappa shape index (κ3) is 11.6. The average Bonchev–Trinajstić information content (AvgIpc) is 3.34. The zero-order valence-corrected chi connectivity index (χ0v) is 24.5. The molecule has 0 spiro atoms. The van der Waals surface area contributed by atoms with Crippen LogP contribution in [0.3, 0.4) is 0 Å². The van der Waals surface area contributed by atoms with Crippen molar-refractivity contribution in [2.24, 2.45) is 11.8 Å². The summed E-state index contributed by atoms with van der Waals surface area (Å²) in [7, 11) is 2.96. The highest BCUT2D eigenvalue weighted by Crippen LogP contribution is 2.27. The predicted octanol–water partition coefficient (Wildman–Crippen LogP) is 4.39. The largest absolute Gasteiger partial charge is 0.480 e. The molecule has 0 saturated carbocycles. The first-order chi connectivity index (χ1) is 17.3. The van der Waals surface area contributed by atoms with Gasteiger partial charge in [0, 0.05) is 21.5 Å². The van der Waals surface area contributed by atoms with Crippen molar-refractivity contribution in [2.75, 3.05) is 27.2 Å². The summed E-state index contributed by atoms with van der Waals surface area (Å²) in [4.78, 5) is 54.7. The van der Waals surface area contributed by atoms with Gasteiger partial charge < -0.3 is 14.6 Å². The molecule has 0 aliphatic carbocycles. The van der Waals surface area contributed by atoms with E-state index in [2.05, 4.69) is 0 Å². The van der Waals surface area contributed by atoms with Crippen molar-refractivity contribution in [3.8, 4) is 0 Å².